The highest BCUT2D eigenvalue weighted by atomic mass is 32.2. The fraction of sp³-hybridized carbons (Fsp3) is 0.0714. The summed E-state index contributed by atoms with van der Waals surface area (Å²) in [6.07, 6.45) is 0. The predicted molar refractivity (Wildman–Crippen MR) is 136 cm³/mol. The Morgan fingerprint density at radius 1 is 0.794 bits per heavy atom. The Kier molecular flexibility index (Phi) is 7.40. The van der Waals surface area contributed by atoms with Crippen molar-refractivity contribution in [3.63, 3.8) is 0 Å². The van der Waals surface area contributed by atoms with Gasteiger partial charge in [0.25, 0.3) is 5.91 Å². The molecule has 0 saturated heterocycles. The number of benzene rings is 4. The van der Waals surface area contributed by atoms with Crippen LogP contribution in [-0.2, 0) is 4.79 Å². The first-order valence-corrected chi connectivity index (χ1v) is 11.6. The van der Waals surface area contributed by atoms with Gasteiger partial charge in [-0.1, -0.05) is 66.2 Å². The Labute approximate surface area is 202 Å². The molecule has 0 radical (unpaired) electrons. The molecule has 4 nitrogen and oxygen atoms in total. The average molecular weight is 471 g/mol. The van der Waals surface area contributed by atoms with E-state index in [2.05, 4.69) is 10.6 Å². The minimum Gasteiger partial charge on any atom is -0.322 e. The van der Waals surface area contributed by atoms with E-state index < -0.39 is 11.1 Å². The number of anilines is 2. The molecule has 2 amide bonds. The number of hydrogen-bond donors (Lipinski definition) is 2. The standard InChI is InChI=1S/C28H23FN2O2S/c1-19-14-16-21(17-15-19)27(32)30-22-10-7-11-23(18-22)34-26(20-8-3-2-4-9-20)28(33)31-25-13-6-5-12-24(25)29/h2-18,26H,1H3,(H,30,32)(H,31,33). The molecule has 0 heterocycles. The third-order valence-corrected chi connectivity index (χ3v) is 6.38. The van der Waals surface area contributed by atoms with E-state index in [0.717, 1.165) is 16.0 Å². The van der Waals surface area contributed by atoms with Gasteiger partial charge >= 0.3 is 0 Å². The molecule has 170 valence electrons. The molecule has 0 aliphatic carbocycles. The Morgan fingerprint density at radius 3 is 2.24 bits per heavy atom. The van der Waals surface area contributed by atoms with Crippen LogP contribution < -0.4 is 10.6 Å². The Morgan fingerprint density at radius 2 is 1.50 bits per heavy atom. The van der Waals surface area contributed by atoms with Crippen molar-refractivity contribution in [2.75, 3.05) is 10.6 Å². The van der Waals surface area contributed by atoms with Gasteiger partial charge < -0.3 is 10.6 Å². The molecule has 4 aromatic carbocycles. The van der Waals surface area contributed by atoms with Gasteiger partial charge in [-0.15, -0.1) is 11.8 Å². The molecule has 0 bridgehead atoms. The topological polar surface area (TPSA) is 58.2 Å². The molecule has 0 fully saturated rings. The number of rotatable bonds is 7. The summed E-state index contributed by atoms with van der Waals surface area (Å²) in [6, 6.07) is 30.1. The molecule has 2 N–H and O–H groups in total. The number of hydrogen-bond acceptors (Lipinski definition) is 3. The number of para-hydroxylation sites is 1. The van der Waals surface area contributed by atoms with E-state index in [1.165, 1.54) is 23.9 Å². The number of carbonyl (C=O) groups excluding carboxylic acids is 2. The lowest BCUT2D eigenvalue weighted by Gasteiger charge is -2.18. The SMILES string of the molecule is Cc1ccc(C(=O)Nc2cccc(SC(C(=O)Nc3ccccc3F)c3ccccc3)c2)cc1. The van der Waals surface area contributed by atoms with E-state index in [-0.39, 0.29) is 17.5 Å². The van der Waals surface area contributed by atoms with Gasteiger partial charge in [0.05, 0.1) is 5.69 Å². The lowest BCUT2D eigenvalue weighted by atomic mass is 10.1. The summed E-state index contributed by atoms with van der Waals surface area (Å²) in [5.74, 6) is -1.04. The molecule has 4 rings (SSSR count). The summed E-state index contributed by atoms with van der Waals surface area (Å²) in [6.45, 7) is 1.97. The highest BCUT2D eigenvalue weighted by Crippen LogP contribution is 2.37. The minimum absolute atomic E-state index is 0.133. The van der Waals surface area contributed by atoms with Crippen LogP contribution in [0.3, 0.4) is 0 Å². The van der Waals surface area contributed by atoms with Gasteiger partial charge in [0, 0.05) is 16.1 Å². The zero-order valence-corrected chi connectivity index (χ0v) is 19.3. The first-order valence-electron chi connectivity index (χ1n) is 10.7. The minimum atomic E-state index is -0.621. The van der Waals surface area contributed by atoms with Crippen LogP contribution in [-0.4, -0.2) is 11.8 Å². The van der Waals surface area contributed by atoms with E-state index in [1.54, 1.807) is 30.3 Å². The highest BCUT2D eigenvalue weighted by molar-refractivity contribution is 8.00. The van der Waals surface area contributed by atoms with E-state index >= 15 is 0 Å². The number of halogens is 1. The molecular weight excluding hydrogens is 447 g/mol. The van der Waals surface area contributed by atoms with Crippen molar-refractivity contribution in [2.24, 2.45) is 0 Å². The average Bonchev–Trinajstić information content (AvgIpc) is 2.85. The molecule has 34 heavy (non-hydrogen) atoms. The lowest BCUT2D eigenvalue weighted by Crippen LogP contribution is -2.19. The van der Waals surface area contributed by atoms with Crippen molar-refractivity contribution in [1.82, 2.24) is 0 Å². The first kappa shape index (κ1) is 23.3. The van der Waals surface area contributed by atoms with Crippen molar-refractivity contribution in [1.29, 1.82) is 0 Å². The van der Waals surface area contributed by atoms with Gasteiger partial charge in [-0.05, 0) is 55.0 Å². The van der Waals surface area contributed by atoms with Crippen LogP contribution in [0, 0.1) is 12.7 Å². The van der Waals surface area contributed by atoms with Gasteiger partial charge in [0.2, 0.25) is 5.91 Å². The number of thioether (sulfide) groups is 1. The highest BCUT2D eigenvalue weighted by Gasteiger charge is 2.23. The second kappa shape index (κ2) is 10.8. The van der Waals surface area contributed by atoms with Crippen LogP contribution in [0.2, 0.25) is 0 Å². The van der Waals surface area contributed by atoms with Crippen LogP contribution in [0.25, 0.3) is 0 Å². The van der Waals surface area contributed by atoms with E-state index in [9.17, 15) is 14.0 Å². The molecule has 4 aromatic rings. The van der Waals surface area contributed by atoms with Crippen molar-refractivity contribution >= 4 is 35.0 Å². The molecule has 0 aliphatic rings. The maximum Gasteiger partial charge on any atom is 0.255 e. The Hall–Kier alpha value is -3.90. The van der Waals surface area contributed by atoms with Crippen LogP contribution in [0.1, 0.15) is 26.7 Å². The predicted octanol–water partition coefficient (Wildman–Crippen LogP) is 6.86. The Balaban J connectivity index is 1.54. The summed E-state index contributed by atoms with van der Waals surface area (Å²) in [5, 5.41) is 4.98. The van der Waals surface area contributed by atoms with E-state index in [4.69, 9.17) is 0 Å². The van der Waals surface area contributed by atoms with Crippen molar-refractivity contribution in [3.8, 4) is 0 Å². The van der Waals surface area contributed by atoms with Crippen LogP contribution in [0.4, 0.5) is 15.8 Å². The summed E-state index contributed by atoms with van der Waals surface area (Å²) in [7, 11) is 0. The number of amides is 2. The van der Waals surface area contributed by atoms with E-state index in [1.807, 2.05) is 67.6 Å². The van der Waals surface area contributed by atoms with Crippen molar-refractivity contribution in [3.05, 3.63) is 126 Å². The van der Waals surface area contributed by atoms with Gasteiger partial charge in [0.15, 0.2) is 0 Å². The molecule has 1 atom stereocenters. The molecule has 6 heteroatoms. The largest absolute Gasteiger partial charge is 0.322 e. The monoisotopic (exact) mass is 470 g/mol. The molecule has 1 unspecified atom stereocenters. The second-order valence-electron chi connectivity index (χ2n) is 7.73. The van der Waals surface area contributed by atoms with Gasteiger partial charge in [-0.25, -0.2) is 4.39 Å². The summed E-state index contributed by atoms with van der Waals surface area (Å²) >= 11 is 1.33. The summed E-state index contributed by atoms with van der Waals surface area (Å²) in [5.41, 5.74) is 3.19. The zero-order valence-electron chi connectivity index (χ0n) is 18.5. The van der Waals surface area contributed by atoms with Crippen LogP contribution in [0.5, 0.6) is 0 Å². The third-order valence-electron chi connectivity index (χ3n) is 5.13. The number of aryl methyl sites for hydroxylation is 1. The summed E-state index contributed by atoms with van der Waals surface area (Å²) < 4.78 is 14.1. The molecule has 0 aromatic heterocycles. The quantitative estimate of drug-likeness (QED) is 0.290. The third kappa shape index (κ3) is 5.91. The first-order chi connectivity index (χ1) is 16.5. The molecular formula is C28H23FN2O2S. The van der Waals surface area contributed by atoms with Crippen LogP contribution in [0.15, 0.2) is 108 Å². The van der Waals surface area contributed by atoms with Crippen molar-refractivity contribution in [2.45, 2.75) is 17.1 Å². The fourth-order valence-electron chi connectivity index (χ4n) is 3.35. The zero-order chi connectivity index (χ0) is 23.9. The molecule has 0 spiro atoms. The maximum atomic E-state index is 14.1. The maximum absolute atomic E-state index is 14.1. The van der Waals surface area contributed by atoms with Gasteiger partial charge in [-0.2, -0.15) is 0 Å². The molecule has 0 saturated carbocycles. The van der Waals surface area contributed by atoms with Crippen molar-refractivity contribution < 1.29 is 14.0 Å². The van der Waals surface area contributed by atoms with Gasteiger partial charge in [0.1, 0.15) is 11.1 Å². The van der Waals surface area contributed by atoms with E-state index in [0.29, 0.717) is 11.3 Å². The van der Waals surface area contributed by atoms with Crippen LogP contribution >= 0.6 is 11.8 Å². The lowest BCUT2D eigenvalue weighted by molar-refractivity contribution is -0.115. The number of carbonyl (C=O) groups is 2. The van der Waals surface area contributed by atoms with Gasteiger partial charge in [-0.3, -0.25) is 9.59 Å². The smallest absolute Gasteiger partial charge is 0.255 e. The normalized spacial score (nSPS) is 11.5. The second-order valence-corrected chi connectivity index (χ2v) is 8.90. The Bertz CT molecular complexity index is 1290. The fourth-order valence-corrected chi connectivity index (χ4v) is 4.44. The molecule has 0 aliphatic heterocycles. The number of nitrogens with one attached hydrogen (secondary N) is 2. The summed E-state index contributed by atoms with van der Waals surface area (Å²) in [4.78, 5) is 26.6.